The number of hydrogen-bond donors (Lipinski definition) is 2. The average Bonchev–Trinajstić information content (AvgIpc) is 2.97. The second kappa shape index (κ2) is 6.36. The highest BCUT2D eigenvalue weighted by atomic mass is 16.4. The van der Waals surface area contributed by atoms with Crippen LogP contribution in [0.3, 0.4) is 0 Å². The summed E-state index contributed by atoms with van der Waals surface area (Å²) < 4.78 is 2.04. The maximum Gasteiger partial charge on any atom is 0.335 e. The SMILES string of the molecule is Nc1ccccc1Cc1nccn1Cc1ccc(C(=O)O)cc1. The molecule has 1 heterocycles. The van der Waals surface area contributed by atoms with E-state index in [-0.39, 0.29) is 5.56 Å². The van der Waals surface area contributed by atoms with Crippen LogP contribution in [0.25, 0.3) is 0 Å². The summed E-state index contributed by atoms with van der Waals surface area (Å²) in [6.07, 6.45) is 4.34. The number of rotatable bonds is 5. The summed E-state index contributed by atoms with van der Waals surface area (Å²) >= 11 is 0. The third-order valence-electron chi connectivity index (χ3n) is 3.76. The minimum atomic E-state index is -0.917. The quantitative estimate of drug-likeness (QED) is 0.710. The number of nitrogen functional groups attached to an aromatic ring is 1. The second-order valence-corrected chi connectivity index (χ2v) is 5.35. The van der Waals surface area contributed by atoms with E-state index < -0.39 is 5.97 Å². The predicted molar refractivity (Wildman–Crippen MR) is 88.4 cm³/mol. The number of nitrogens with zero attached hydrogens (tertiary/aromatic N) is 2. The molecule has 0 fully saturated rings. The Morgan fingerprint density at radius 3 is 2.57 bits per heavy atom. The number of aromatic carboxylic acids is 1. The van der Waals surface area contributed by atoms with Gasteiger partial charge in [0.15, 0.2) is 0 Å². The van der Waals surface area contributed by atoms with E-state index in [0.29, 0.717) is 13.0 Å². The van der Waals surface area contributed by atoms with Gasteiger partial charge in [0.1, 0.15) is 5.82 Å². The van der Waals surface area contributed by atoms with Crippen molar-refractivity contribution in [2.24, 2.45) is 0 Å². The van der Waals surface area contributed by atoms with Gasteiger partial charge in [-0.2, -0.15) is 0 Å². The van der Waals surface area contributed by atoms with Crippen LogP contribution in [-0.4, -0.2) is 20.6 Å². The summed E-state index contributed by atoms with van der Waals surface area (Å²) in [6, 6.07) is 14.6. The maximum absolute atomic E-state index is 10.9. The van der Waals surface area contributed by atoms with E-state index in [2.05, 4.69) is 4.98 Å². The molecule has 3 aromatic rings. The molecule has 0 aliphatic heterocycles. The lowest BCUT2D eigenvalue weighted by Gasteiger charge is -2.10. The Balaban J connectivity index is 1.78. The Hall–Kier alpha value is -3.08. The molecule has 3 N–H and O–H groups in total. The Kier molecular flexibility index (Phi) is 4.10. The van der Waals surface area contributed by atoms with Gasteiger partial charge in [0.25, 0.3) is 0 Å². The van der Waals surface area contributed by atoms with Gasteiger partial charge in [-0.25, -0.2) is 9.78 Å². The normalized spacial score (nSPS) is 10.6. The van der Waals surface area contributed by atoms with E-state index in [1.54, 1.807) is 18.3 Å². The number of imidazole rings is 1. The van der Waals surface area contributed by atoms with Gasteiger partial charge in [-0.1, -0.05) is 30.3 Å². The summed E-state index contributed by atoms with van der Waals surface area (Å²) in [5, 5.41) is 8.94. The minimum Gasteiger partial charge on any atom is -0.478 e. The fourth-order valence-electron chi connectivity index (χ4n) is 2.47. The van der Waals surface area contributed by atoms with Crippen LogP contribution in [0.1, 0.15) is 27.3 Å². The van der Waals surface area contributed by atoms with Crippen LogP contribution < -0.4 is 5.73 Å². The molecule has 116 valence electrons. The number of nitrogens with two attached hydrogens (primary N) is 1. The fraction of sp³-hybridized carbons (Fsp3) is 0.111. The van der Waals surface area contributed by atoms with E-state index in [9.17, 15) is 4.79 Å². The van der Waals surface area contributed by atoms with Gasteiger partial charge in [-0.05, 0) is 29.3 Å². The molecule has 1 aromatic heterocycles. The van der Waals surface area contributed by atoms with Crippen molar-refractivity contribution in [1.82, 2.24) is 9.55 Å². The molecule has 0 spiro atoms. The van der Waals surface area contributed by atoms with Crippen molar-refractivity contribution in [2.45, 2.75) is 13.0 Å². The molecular weight excluding hydrogens is 290 g/mol. The first-order valence-electron chi connectivity index (χ1n) is 7.29. The summed E-state index contributed by atoms with van der Waals surface area (Å²) in [4.78, 5) is 15.3. The smallest absolute Gasteiger partial charge is 0.335 e. The Morgan fingerprint density at radius 1 is 1.13 bits per heavy atom. The number of benzene rings is 2. The van der Waals surface area contributed by atoms with Crippen LogP contribution >= 0.6 is 0 Å². The molecule has 0 unspecified atom stereocenters. The number of carbonyl (C=O) groups is 1. The minimum absolute atomic E-state index is 0.289. The molecule has 0 amide bonds. The number of para-hydroxylation sites is 1. The molecule has 0 aliphatic carbocycles. The van der Waals surface area contributed by atoms with Crippen molar-refractivity contribution in [3.05, 3.63) is 83.4 Å². The molecule has 0 atom stereocenters. The van der Waals surface area contributed by atoms with E-state index in [1.165, 1.54) is 0 Å². The van der Waals surface area contributed by atoms with Crippen LogP contribution in [-0.2, 0) is 13.0 Å². The highest BCUT2D eigenvalue weighted by molar-refractivity contribution is 5.87. The average molecular weight is 307 g/mol. The Morgan fingerprint density at radius 2 is 1.87 bits per heavy atom. The number of carboxylic acids is 1. The zero-order valence-electron chi connectivity index (χ0n) is 12.5. The van der Waals surface area contributed by atoms with Crippen LogP contribution in [0.4, 0.5) is 5.69 Å². The molecular formula is C18H17N3O2. The zero-order valence-corrected chi connectivity index (χ0v) is 12.5. The van der Waals surface area contributed by atoms with Gasteiger partial charge < -0.3 is 15.4 Å². The monoisotopic (exact) mass is 307 g/mol. The van der Waals surface area contributed by atoms with Crippen LogP contribution in [0, 0.1) is 0 Å². The highest BCUT2D eigenvalue weighted by Crippen LogP contribution is 2.16. The molecule has 0 saturated heterocycles. The van der Waals surface area contributed by atoms with Gasteiger partial charge in [0.2, 0.25) is 0 Å². The molecule has 23 heavy (non-hydrogen) atoms. The Bertz CT molecular complexity index is 822. The predicted octanol–water partition coefficient (Wildman–Crippen LogP) is 2.80. The van der Waals surface area contributed by atoms with E-state index >= 15 is 0 Å². The largest absolute Gasteiger partial charge is 0.478 e. The molecule has 2 aromatic carbocycles. The molecule has 0 bridgehead atoms. The van der Waals surface area contributed by atoms with Crippen LogP contribution in [0.5, 0.6) is 0 Å². The van der Waals surface area contributed by atoms with Crippen molar-refractivity contribution >= 4 is 11.7 Å². The van der Waals surface area contributed by atoms with Crippen LogP contribution in [0.15, 0.2) is 60.9 Å². The molecule has 0 radical (unpaired) electrons. The molecule has 0 saturated carbocycles. The van der Waals surface area contributed by atoms with Gasteiger partial charge in [-0.3, -0.25) is 0 Å². The lowest BCUT2D eigenvalue weighted by Crippen LogP contribution is -2.06. The molecule has 5 heteroatoms. The topological polar surface area (TPSA) is 81.1 Å². The zero-order chi connectivity index (χ0) is 16.2. The van der Waals surface area contributed by atoms with Crippen molar-refractivity contribution < 1.29 is 9.90 Å². The van der Waals surface area contributed by atoms with Gasteiger partial charge >= 0.3 is 5.97 Å². The Labute approximate surface area is 134 Å². The summed E-state index contributed by atoms with van der Waals surface area (Å²) in [5.41, 5.74) is 9.10. The summed E-state index contributed by atoms with van der Waals surface area (Å²) in [6.45, 7) is 0.641. The summed E-state index contributed by atoms with van der Waals surface area (Å²) in [5.74, 6) is 0.00429. The van der Waals surface area contributed by atoms with Gasteiger partial charge in [0, 0.05) is 31.0 Å². The number of carboxylic acid groups (broad SMARTS) is 1. The number of hydrogen-bond acceptors (Lipinski definition) is 3. The number of anilines is 1. The van der Waals surface area contributed by atoms with Gasteiger partial charge in [0.05, 0.1) is 5.56 Å². The van der Waals surface area contributed by atoms with E-state index in [4.69, 9.17) is 10.8 Å². The first-order chi connectivity index (χ1) is 11.1. The third kappa shape index (κ3) is 3.40. The van der Waals surface area contributed by atoms with Crippen LogP contribution in [0.2, 0.25) is 0 Å². The first kappa shape index (κ1) is 14.8. The van der Waals surface area contributed by atoms with Crippen molar-refractivity contribution in [3.63, 3.8) is 0 Å². The van der Waals surface area contributed by atoms with Crippen molar-refractivity contribution in [1.29, 1.82) is 0 Å². The van der Waals surface area contributed by atoms with Gasteiger partial charge in [-0.15, -0.1) is 0 Å². The van der Waals surface area contributed by atoms with Crippen molar-refractivity contribution in [3.8, 4) is 0 Å². The first-order valence-corrected chi connectivity index (χ1v) is 7.29. The fourth-order valence-corrected chi connectivity index (χ4v) is 2.47. The molecule has 0 aliphatic rings. The maximum atomic E-state index is 10.9. The second-order valence-electron chi connectivity index (χ2n) is 5.35. The standard InChI is InChI=1S/C18H17N3O2/c19-16-4-2-1-3-15(16)11-17-20-9-10-21(17)12-13-5-7-14(8-6-13)18(22)23/h1-10H,11-12,19H2,(H,22,23). The number of aromatic nitrogens is 2. The molecule has 5 nitrogen and oxygen atoms in total. The lowest BCUT2D eigenvalue weighted by atomic mass is 10.1. The van der Waals surface area contributed by atoms with Crippen molar-refractivity contribution in [2.75, 3.05) is 5.73 Å². The lowest BCUT2D eigenvalue weighted by molar-refractivity contribution is 0.0697. The molecule has 3 rings (SSSR count). The highest BCUT2D eigenvalue weighted by Gasteiger charge is 2.08. The third-order valence-corrected chi connectivity index (χ3v) is 3.76. The summed E-state index contributed by atoms with van der Waals surface area (Å²) in [7, 11) is 0. The van der Waals surface area contributed by atoms with E-state index in [1.807, 2.05) is 47.2 Å². The van der Waals surface area contributed by atoms with E-state index in [0.717, 1.165) is 22.6 Å².